The summed E-state index contributed by atoms with van der Waals surface area (Å²) < 4.78 is 16.3. The van der Waals surface area contributed by atoms with Crippen molar-refractivity contribution in [2.45, 2.75) is 51.4 Å². The van der Waals surface area contributed by atoms with E-state index in [0.29, 0.717) is 32.9 Å². The van der Waals surface area contributed by atoms with E-state index < -0.39 is 0 Å². The van der Waals surface area contributed by atoms with Crippen LogP contribution in [-0.2, 0) is 30.3 Å². The third-order valence-corrected chi connectivity index (χ3v) is 6.31. The van der Waals surface area contributed by atoms with Crippen LogP contribution in [0.1, 0.15) is 43.9 Å². The molecule has 1 fully saturated rings. The van der Waals surface area contributed by atoms with Gasteiger partial charge in [-0.1, -0.05) is 60.7 Å². The quantitative estimate of drug-likeness (QED) is 0.426. The number of esters is 2. The van der Waals surface area contributed by atoms with E-state index in [-0.39, 0.29) is 42.9 Å². The Morgan fingerprint density at radius 3 is 1.86 bits per heavy atom. The van der Waals surface area contributed by atoms with Crippen molar-refractivity contribution in [3.63, 3.8) is 0 Å². The van der Waals surface area contributed by atoms with Crippen LogP contribution in [-0.4, -0.2) is 73.8 Å². The first kappa shape index (κ1) is 26.9. The molecule has 3 rings (SSSR count). The minimum atomic E-state index is -0.233. The van der Waals surface area contributed by atoms with Crippen molar-refractivity contribution in [2.75, 3.05) is 40.0 Å². The number of methoxy groups -OCH3 is 1. The zero-order chi connectivity index (χ0) is 25.0. The second-order valence-electron chi connectivity index (χ2n) is 8.83. The fraction of sp³-hybridized carbons (Fsp3) is 0.500. The molecule has 0 N–H and O–H groups in total. The molecule has 0 aliphatic carbocycles. The van der Waals surface area contributed by atoms with Gasteiger partial charge >= 0.3 is 11.9 Å². The lowest BCUT2D eigenvalue weighted by molar-refractivity contribution is -0.149. The molecule has 0 radical (unpaired) electrons. The third kappa shape index (κ3) is 7.88. The summed E-state index contributed by atoms with van der Waals surface area (Å²) >= 11 is 0. The highest BCUT2D eigenvalue weighted by atomic mass is 16.5. The average Bonchev–Trinajstić information content (AvgIpc) is 2.84. The van der Waals surface area contributed by atoms with Crippen LogP contribution in [0.25, 0.3) is 0 Å². The Hall–Kier alpha value is -2.74. The van der Waals surface area contributed by atoms with Crippen molar-refractivity contribution < 1.29 is 23.8 Å². The maximum absolute atomic E-state index is 12.7. The van der Waals surface area contributed by atoms with Crippen LogP contribution < -0.4 is 0 Å². The highest BCUT2D eigenvalue weighted by molar-refractivity contribution is 5.71. The summed E-state index contributed by atoms with van der Waals surface area (Å²) in [5.41, 5.74) is 2.29. The van der Waals surface area contributed by atoms with Gasteiger partial charge in [0.05, 0.1) is 38.7 Å². The molecule has 1 saturated heterocycles. The number of hydrogen-bond donors (Lipinski definition) is 0. The molecule has 1 aliphatic rings. The van der Waals surface area contributed by atoms with E-state index in [1.54, 1.807) is 7.11 Å². The Kier molecular flexibility index (Phi) is 10.7. The molecular weight excluding hydrogens is 444 g/mol. The summed E-state index contributed by atoms with van der Waals surface area (Å²) in [7, 11) is 1.68. The lowest BCUT2D eigenvalue weighted by Gasteiger charge is -2.50. The predicted molar refractivity (Wildman–Crippen MR) is 135 cm³/mol. The zero-order valence-electron chi connectivity index (χ0n) is 21.1. The molecule has 35 heavy (non-hydrogen) atoms. The number of benzene rings is 2. The van der Waals surface area contributed by atoms with Crippen molar-refractivity contribution in [3.8, 4) is 0 Å². The van der Waals surface area contributed by atoms with E-state index in [1.165, 1.54) is 5.56 Å². The fourth-order valence-corrected chi connectivity index (χ4v) is 4.99. The van der Waals surface area contributed by atoms with Crippen LogP contribution in [0.15, 0.2) is 60.7 Å². The second kappa shape index (κ2) is 14.0. The predicted octanol–water partition coefficient (Wildman–Crippen LogP) is 3.84. The highest BCUT2D eigenvalue weighted by Crippen LogP contribution is 2.33. The summed E-state index contributed by atoms with van der Waals surface area (Å²) in [6.45, 7) is 6.87. The molecule has 1 aliphatic heterocycles. The summed E-state index contributed by atoms with van der Waals surface area (Å²) in [5.74, 6) is -0.466. The molecule has 0 amide bonds. The smallest absolute Gasteiger partial charge is 0.307 e. The number of ether oxygens (including phenoxy) is 3. The van der Waals surface area contributed by atoms with E-state index in [2.05, 4.69) is 34.1 Å². The molecule has 0 bridgehead atoms. The second-order valence-corrected chi connectivity index (χ2v) is 8.83. The van der Waals surface area contributed by atoms with Gasteiger partial charge in [0, 0.05) is 38.8 Å². The van der Waals surface area contributed by atoms with Crippen molar-refractivity contribution >= 4 is 11.9 Å². The molecule has 0 saturated carbocycles. The first-order chi connectivity index (χ1) is 17.0. The molecule has 0 aromatic heterocycles. The first-order valence-corrected chi connectivity index (χ1v) is 12.4. The minimum Gasteiger partial charge on any atom is -0.466 e. The van der Waals surface area contributed by atoms with Crippen LogP contribution in [0.4, 0.5) is 0 Å². The molecule has 1 heterocycles. The van der Waals surface area contributed by atoms with E-state index in [1.807, 2.05) is 50.2 Å². The molecular formula is C28H38N2O5. The maximum Gasteiger partial charge on any atom is 0.307 e. The first-order valence-electron chi connectivity index (χ1n) is 12.4. The van der Waals surface area contributed by atoms with Gasteiger partial charge in [0.15, 0.2) is 0 Å². The van der Waals surface area contributed by atoms with Gasteiger partial charge in [0.1, 0.15) is 0 Å². The lowest BCUT2D eigenvalue weighted by atomic mass is 9.94. The Balaban J connectivity index is 1.97. The number of carbonyl (C=O) groups excluding carboxylic acids is 2. The van der Waals surface area contributed by atoms with Crippen molar-refractivity contribution in [1.82, 2.24) is 9.80 Å². The summed E-state index contributed by atoms with van der Waals surface area (Å²) in [6.07, 6.45) is 0.483. The van der Waals surface area contributed by atoms with Gasteiger partial charge in [-0.25, -0.2) is 0 Å². The van der Waals surface area contributed by atoms with Gasteiger partial charge in [-0.3, -0.25) is 19.4 Å². The summed E-state index contributed by atoms with van der Waals surface area (Å²) in [6, 6.07) is 20.0. The van der Waals surface area contributed by atoms with Gasteiger partial charge in [-0.2, -0.15) is 0 Å². The molecule has 190 valence electrons. The zero-order valence-corrected chi connectivity index (χ0v) is 21.1. The van der Waals surface area contributed by atoms with Gasteiger partial charge in [0.2, 0.25) is 0 Å². The molecule has 2 aromatic rings. The standard InChI is InChI=1S/C28H38N2O5/c1-4-34-27(31)16-24-19-29(18-22-12-8-6-9-13-22)20-25(17-28(32)35-5-2)30(24)26(21-33-3)23-14-10-7-11-15-23/h6-15,24-26H,4-5,16-21H2,1-3H3/t24?,25?,26-/m1/s1. The molecule has 2 aromatic carbocycles. The number of hydrogen-bond acceptors (Lipinski definition) is 7. The number of piperazine rings is 1. The van der Waals surface area contributed by atoms with Crippen molar-refractivity contribution in [1.29, 1.82) is 0 Å². The van der Waals surface area contributed by atoms with E-state index in [0.717, 1.165) is 12.1 Å². The van der Waals surface area contributed by atoms with Gasteiger partial charge in [0.25, 0.3) is 0 Å². The van der Waals surface area contributed by atoms with Gasteiger partial charge < -0.3 is 14.2 Å². The normalized spacial score (nSPS) is 19.7. The van der Waals surface area contributed by atoms with Crippen LogP contribution in [0.3, 0.4) is 0 Å². The Morgan fingerprint density at radius 1 is 0.857 bits per heavy atom. The molecule has 0 spiro atoms. The highest BCUT2D eigenvalue weighted by Gasteiger charge is 2.41. The van der Waals surface area contributed by atoms with Crippen LogP contribution in [0.5, 0.6) is 0 Å². The van der Waals surface area contributed by atoms with Gasteiger partial charge in [-0.05, 0) is 25.0 Å². The molecule has 7 heteroatoms. The Labute approximate surface area is 209 Å². The molecule has 3 atom stereocenters. The lowest BCUT2D eigenvalue weighted by Crippen LogP contribution is -2.61. The third-order valence-electron chi connectivity index (χ3n) is 6.31. The SMILES string of the molecule is CCOC(=O)CC1CN(Cc2ccccc2)CC(CC(=O)OCC)N1[C@H](COC)c1ccccc1. The van der Waals surface area contributed by atoms with E-state index >= 15 is 0 Å². The van der Waals surface area contributed by atoms with Crippen LogP contribution >= 0.6 is 0 Å². The van der Waals surface area contributed by atoms with E-state index in [9.17, 15) is 9.59 Å². The van der Waals surface area contributed by atoms with Crippen LogP contribution in [0, 0.1) is 0 Å². The largest absolute Gasteiger partial charge is 0.466 e. The van der Waals surface area contributed by atoms with Crippen LogP contribution in [0.2, 0.25) is 0 Å². The molecule has 7 nitrogen and oxygen atoms in total. The fourth-order valence-electron chi connectivity index (χ4n) is 4.99. The Morgan fingerprint density at radius 2 is 1.37 bits per heavy atom. The number of nitrogens with zero attached hydrogens (tertiary/aromatic N) is 2. The van der Waals surface area contributed by atoms with Crippen molar-refractivity contribution in [2.24, 2.45) is 0 Å². The number of rotatable bonds is 12. The summed E-state index contributed by atoms with van der Waals surface area (Å²) in [4.78, 5) is 30.0. The van der Waals surface area contributed by atoms with Gasteiger partial charge in [-0.15, -0.1) is 0 Å². The van der Waals surface area contributed by atoms with E-state index in [4.69, 9.17) is 14.2 Å². The Bertz CT molecular complexity index is 878. The maximum atomic E-state index is 12.7. The summed E-state index contributed by atoms with van der Waals surface area (Å²) in [5, 5.41) is 0. The minimum absolute atomic E-state index is 0.112. The average molecular weight is 483 g/mol. The molecule has 2 unspecified atom stereocenters. The topological polar surface area (TPSA) is 68.3 Å². The monoisotopic (exact) mass is 482 g/mol. The van der Waals surface area contributed by atoms with Crippen molar-refractivity contribution in [3.05, 3.63) is 71.8 Å². The number of carbonyl (C=O) groups is 2.